The van der Waals surface area contributed by atoms with Gasteiger partial charge in [-0.3, -0.25) is 9.80 Å². The Balaban J connectivity index is 1.65. The molecule has 3 heteroatoms. The van der Waals surface area contributed by atoms with Crippen LogP contribution in [-0.2, 0) is 11.3 Å². The molecule has 0 unspecified atom stereocenters. The van der Waals surface area contributed by atoms with Crippen LogP contribution >= 0.6 is 0 Å². The molecular weight excluding hydrogens is 296 g/mol. The van der Waals surface area contributed by atoms with Gasteiger partial charge in [-0.2, -0.15) is 0 Å². The van der Waals surface area contributed by atoms with E-state index in [4.69, 9.17) is 0 Å². The molecule has 0 spiro atoms. The molecule has 2 fully saturated rings. The average molecular weight is 324 g/mol. The predicted octanol–water partition coefficient (Wildman–Crippen LogP) is 3.87. The minimum atomic E-state index is 0.313. The second kappa shape index (κ2) is 6.03. The van der Waals surface area contributed by atoms with E-state index >= 15 is 0 Å². The molecule has 4 rings (SSSR count). The van der Waals surface area contributed by atoms with E-state index < -0.39 is 0 Å². The minimum Gasteiger partial charge on any atom is -0.273 e. The Hall–Kier alpha value is -1.61. The zero-order valence-electron chi connectivity index (χ0n) is 14.9. The molecule has 3 nitrogen and oxygen atoms in total. The fourth-order valence-electron chi connectivity index (χ4n) is 5.01. The number of nitrogens with zero attached hydrogens (tertiary/aromatic N) is 2. The van der Waals surface area contributed by atoms with E-state index in [1.54, 1.807) is 0 Å². The average Bonchev–Trinajstić information content (AvgIpc) is 3.23. The van der Waals surface area contributed by atoms with Crippen LogP contribution in [0.3, 0.4) is 0 Å². The molecule has 3 aliphatic rings. The van der Waals surface area contributed by atoms with E-state index in [0.29, 0.717) is 48.1 Å². The van der Waals surface area contributed by atoms with Crippen LogP contribution in [0.25, 0.3) is 0 Å². The Kier molecular flexibility index (Phi) is 4.00. The molecule has 1 saturated carbocycles. The predicted molar refractivity (Wildman–Crippen MR) is 95.8 cm³/mol. The number of fused-ring (bicyclic) bond motifs is 2. The number of rotatable bonds is 4. The van der Waals surface area contributed by atoms with Gasteiger partial charge in [-0.25, -0.2) is 5.01 Å². The summed E-state index contributed by atoms with van der Waals surface area (Å²) in [6.45, 7) is 7.64. The Labute approximate surface area is 145 Å². The van der Waals surface area contributed by atoms with Crippen LogP contribution in [0.1, 0.15) is 39.2 Å². The van der Waals surface area contributed by atoms with E-state index in [9.17, 15) is 4.79 Å². The van der Waals surface area contributed by atoms with Crippen molar-refractivity contribution in [3.8, 4) is 0 Å². The Morgan fingerprint density at radius 1 is 1.12 bits per heavy atom. The largest absolute Gasteiger partial charge is 0.273 e. The lowest BCUT2D eigenvalue weighted by Gasteiger charge is -2.41. The van der Waals surface area contributed by atoms with Crippen LogP contribution in [0.5, 0.6) is 0 Å². The van der Waals surface area contributed by atoms with Gasteiger partial charge in [0.25, 0.3) is 0 Å². The third-order valence-corrected chi connectivity index (χ3v) is 6.34. The zero-order valence-corrected chi connectivity index (χ0v) is 14.9. The summed E-state index contributed by atoms with van der Waals surface area (Å²) in [5, 5.41) is 4.55. The van der Waals surface area contributed by atoms with E-state index in [-0.39, 0.29) is 0 Å². The molecule has 2 aliphatic carbocycles. The Bertz CT molecular complexity index is 638. The smallest absolute Gasteiger partial charge is 0.238 e. The molecule has 1 aliphatic heterocycles. The quantitative estimate of drug-likeness (QED) is 0.785. The first kappa shape index (κ1) is 15.9. The second-order valence-electron chi connectivity index (χ2n) is 8.13. The number of hydrogen-bond donors (Lipinski definition) is 0. The summed E-state index contributed by atoms with van der Waals surface area (Å²) in [5.74, 6) is 2.56. The van der Waals surface area contributed by atoms with Crippen molar-refractivity contribution < 1.29 is 4.79 Å². The lowest BCUT2D eigenvalue weighted by atomic mass is 9.90. The maximum atomic E-state index is 13.0. The van der Waals surface area contributed by atoms with Gasteiger partial charge < -0.3 is 0 Å². The SMILES string of the molecule is CC(C)[C@H]1CC(=O)N([C@H]2[C@H](C)[C@H]3C=C[C@@H]2C3)N1Cc1ccccc1. The topological polar surface area (TPSA) is 23.6 Å². The van der Waals surface area contributed by atoms with Gasteiger partial charge >= 0.3 is 0 Å². The summed E-state index contributed by atoms with van der Waals surface area (Å²) in [5.41, 5.74) is 1.29. The summed E-state index contributed by atoms with van der Waals surface area (Å²) in [4.78, 5) is 13.0. The number of benzene rings is 1. The second-order valence-corrected chi connectivity index (χ2v) is 8.13. The van der Waals surface area contributed by atoms with Crippen LogP contribution in [0.2, 0.25) is 0 Å². The molecule has 1 aromatic carbocycles. The van der Waals surface area contributed by atoms with Crippen molar-refractivity contribution in [3.63, 3.8) is 0 Å². The lowest BCUT2D eigenvalue weighted by molar-refractivity contribution is -0.150. The summed E-state index contributed by atoms with van der Waals surface area (Å²) >= 11 is 0. The van der Waals surface area contributed by atoms with Crippen molar-refractivity contribution in [3.05, 3.63) is 48.0 Å². The van der Waals surface area contributed by atoms with E-state index in [2.05, 4.69) is 73.3 Å². The van der Waals surface area contributed by atoms with Crippen LogP contribution in [0.15, 0.2) is 42.5 Å². The molecule has 2 bridgehead atoms. The van der Waals surface area contributed by atoms with E-state index in [1.807, 2.05) is 0 Å². The van der Waals surface area contributed by atoms with Crippen molar-refractivity contribution in [2.45, 2.75) is 52.2 Å². The molecule has 0 N–H and O–H groups in total. The number of hydrazine groups is 1. The first-order chi connectivity index (χ1) is 11.6. The first-order valence-electron chi connectivity index (χ1n) is 9.37. The van der Waals surface area contributed by atoms with E-state index in [0.717, 1.165) is 6.54 Å². The van der Waals surface area contributed by atoms with Crippen molar-refractivity contribution in [2.24, 2.45) is 23.7 Å². The van der Waals surface area contributed by atoms with Gasteiger partial charge in [0.1, 0.15) is 0 Å². The molecule has 1 amide bonds. The normalized spacial score (nSPS) is 35.6. The van der Waals surface area contributed by atoms with Gasteiger partial charge in [-0.05, 0) is 35.7 Å². The molecule has 1 saturated heterocycles. The monoisotopic (exact) mass is 324 g/mol. The maximum Gasteiger partial charge on any atom is 0.238 e. The van der Waals surface area contributed by atoms with Crippen molar-refractivity contribution in [1.82, 2.24) is 10.0 Å². The van der Waals surface area contributed by atoms with Gasteiger partial charge in [0, 0.05) is 19.0 Å². The summed E-state index contributed by atoms with van der Waals surface area (Å²) in [7, 11) is 0. The van der Waals surface area contributed by atoms with Crippen molar-refractivity contribution in [1.29, 1.82) is 0 Å². The number of amides is 1. The Morgan fingerprint density at radius 2 is 1.83 bits per heavy atom. The summed E-state index contributed by atoms with van der Waals surface area (Å²) in [6.07, 6.45) is 6.61. The third kappa shape index (κ3) is 2.50. The highest BCUT2D eigenvalue weighted by Crippen LogP contribution is 2.48. The fourth-order valence-corrected chi connectivity index (χ4v) is 5.01. The third-order valence-electron chi connectivity index (χ3n) is 6.34. The molecular formula is C21H28N2O. The van der Waals surface area contributed by atoms with Gasteiger partial charge in [0.05, 0.1) is 6.04 Å². The van der Waals surface area contributed by atoms with Gasteiger partial charge in [0.2, 0.25) is 5.91 Å². The fraction of sp³-hybridized carbons (Fsp3) is 0.571. The maximum absolute atomic E-state index is 13.0. The summed E-state index contributed by atoms with van der Waals surface area (Å²) in [6, 6.07) is 11.2. The van der Waals surface area contributed by atoms with E-state index in [1.165, 1.54) is 12.0 Å². The number of carbonyl (C=O) groups is 1. The lowest BCUT2D eigenvalue weighted by Crippen LogP contribution is -2.52. The molecule has 24 heavy (non-hydrogen) atoms. The first-order valence-corrected chi connectivity index (χ1v) is 9.37. The van der Waals surface area contributed by atoms with Crippen LogP contribution < -0.4 is 0 Å². The van der Waals surface area contributed by atoms with Crippen LogP contribution in [0, 0.1) is 23.7 Å². The minimum absolute atomic E-state index is 0.313. The Morgan fingerprint density at radius 3 is 2.46 bits per heavy atom. The highest BCUT2D eigenvalue weighted by atomic mass is 16.2. The van der Waals surface area contributed by atoms with Crippen molar-refractivity contribution >= 4 is 5.91 Å². The standard InChI is InChI=1S/C21H28N2O/c1-14(2)19-12-20(24)23(21-15(3)17-9-10-18(21)11-17)22(19)13-16-7-5-4-6-8-16/h4-10,14-15,17-19,21H,11-13H2,1-3H3/t15-,17+,18-,19-,21+/m1/s1. The van der Waals surface area contributed by atoms with Crippen LogP contribution in [0.4, 0.5) is 0 Å². The number of carbonyl (C=O) groups excluding carboxylic acids is 1. The summed E-state index contributed by atoms with van der Waals surface area (Å²) < 4.78 is 0. The van der Waals surface area contributed by atoms with Crippen LogP contribution in [-0.4, -0.2) is 28.0 Å². The highest BCUT2D eigenvalue weighted by molar-refractivity contribution is 5.79. The number of hydrogen-bond acceptors (Lipinski definition) is 2. The van der Waals surface area contributed by atoms with Crippen molar-refractivity contribution in [2.75, 3.05) is 0 Å². The van der Waals surface area contributed by atoms with Gasteiger partial charge in [-0.15, -0.1) is 0 Å². The molecule has 1 aromatic rings. The highest BCUT2D eigenvalue weighted by Gasteiger charge is 2.51. The zero-order chi connectivity index (χ0) is 16.8. The molecule has 5 atom stereocenters. The molecule has 1 heterocycles. The van der Waals surface area contributed by atoms with Gasteiger partial charge in [-0.1, -0.05) is 63.3 Å². The number of allylic oxidation sites excluding steroid dienone is 1. The molecule has 0 radical (unpaired) electrons. The van der Waals surface area contributed by atoms with Gasteiger partial charge in [0.15, 0.2) is 0 Å². The molecule has 128 valence electrons. The molecule has 0 aromatic heterocycles.